The molecule has 2 aromatic rings. The molecule has 17 nitrogen and oxygen atoms in total. The van der Waals surface area contributed by atoms with Crippen LogP contribution in [0.3, 0.4) is 0 Å². The second-order valence-corrected chi connectivity index (χ2v) is 18.1. The highest BCUT2D eigenvalue weighted by Crippen LogP contribution is 2.43. The summed E-state index contributed by atoms with van der Waals surface area (Å²) in [7, 11) is 3.67. The number of likely N-dealkylation sites (N-methyl/N-ethyl adjacent to an activating group) is 1. The fraction of sp³-hybridized carbons (Fsp3) is 0.705. The Morgan fingerprint density at radius 1 is 1.02 bits per heavy atom. The SMILES string of the molecule is CC[C@H]1OC(=O)[C@H](C)C(=O)[C@H](C)[C@@H](O[C@@H]2O[C@H](C)C[C@H](N(C)C)[C@H]2O)[C@@]2(C)C[C@@H](C)C(=O)[C@H](C)[C@@H]3N(CC(=NCCCn4cnc5ccccc54)CNC(=O)O2)C(=O)O[C@@]31C. The number of aryl methyl sites for hydroxylation is 1. The summed E-state index contributed by atoms with van der Waals surface area (Å²) in [6, 6.07) is 6.49. The number of nitrogens with zero attached hydrogens (tertiary/aromatic N) is 5. The van der Waals surface area contributed by atoms with Gasteiger partial charge in [0.15, 0.2) is 17.7 Å². The van der Waals surface area contributed by atoms with Gasteiger partial charge in [0, 0.05) is 36.9 Å². The van der Waals surface area contributed by atoms with Gasteiger partial charge in [-0.3, -0.25) is 24.3 Å². The van der Waals surface area contributed by atoms with E-state index < -0.39 is 89.5 Å². The predicted octanol–water partition coefficient (Wildman–Crippen LogP) is 4.16. The number of carbonyl (C=O) groups excluding carboxylic acids is 5. The molecule has 5 heterocycles. The molecule has 13 atom stereocenters. The average molecular weight is 853 g/mol. The van der Waals surface area contributed by atoms with Crippen molar-refractivity contribution in [3.63, 3.8) is 0 Å². The second-order valence-electron chi connectivity index (χ2n) is 18.1. The number of amides is 2. The van der Waals surface area contributed by atoms with Crippen molar-refractivity contribution in [3.05, 3.63) is 30.6 Å². The van der Waals surface area contributed by atoms with Gasteiger partial charge in [0.2, 0.25) is 0 Å². The van der Waals surface area contributed by atoms with Gasteiger partial charge >= 0.3 is 18.2 Å². The average Bonchev–Trinajstić information content (AvgIpc) is 3.74. The largest absolute Gasteiger partial charge is 0.458 e. The summed E-state index contributed by atoms with van der Waals surface area (Å²) < 4.78 is 33.4. The molecular weight excluding hydrogens is 789 g/mol. The fourth-order valence-electron chi connectivity index (χ4n) is 9.99. The molecule has 17 heteroatoms. The lowest BCUT2D eigenvalue weighted by atomic mass is 9.73. The summed E-state index contributed by atoms with van der Waals surface area (Å²) in [5.41, 5.74) is -0.978. The maximum atomic E-state index is 14.8. The minimum Gasteiger partial charge on any atom is -0.458 e. The molecule has 336 valence electrons. The number of rotatable bonds is 8. The van der Waals surface area contributed by atoms with E-state index in [1.165, 1.54) is 11.8 Å². The zero-order chi connectivity index (χ0) is 44.6. The van der Waals surface area contributed by atoms with E-state index in [0.29, 0.717) is 31.6 Å². The number of para-hydroxylation sites is 2. The summed E-state index contributed by atoms with van der Waals surface area (Å²) in [4.78, 5) is 84.2. The standard InChI is InChI=1S/C44H64N6O11/c1-11-33-44(8)37-26(4)34(51)24(2)20-43(7,38(27(5)35(52)28(6)39(54)58-33)59-40-36(53)32(48(9)10)19-25(3)57-40)60-41(55)46-21-29(22-50(37)42(56)61-44)45-17-14-18-49-23-47-30-15-12-13-16-31(30)49/h12-13,15-16,23-28,32-33,36-38,40,53H,11,14,17-22H2,1-10H3,(H,46,55)/t24-,25-,26+,27+,28-,32+,33-,36-,37+,38-,40+,43-,44-/m1/s1. The zero-order valence-electron chi connectivity index (χ0n) is 37.2. The number of hydrogen-bond donors (Lipinski definition) is 2. The number of benzene rings is 1. The molecule has 4 aliphatic heterocycles. The number of Topliss-reactive ketones (excluding diaryl/α,β-unsaturated/α-hetero) is 2. The predicted molar refractivity (Wildman–Crippen MR) is 224 cm³/mol. The number of alkyl carbamates (subject to hydrolysis) is 1. The third-order valence-corrected chi connectivity index (χ3v) is 13.2. The van der Waals surface area contributed by atoms with Crippen molar-refractivity contribution in [2.45, 2.75) is 142 Å². The van der Waals surface area contributed by atoms with Crippen LogP contribution in [0.15, 0.2) is 35.6 Å². The van der Waals surface area contributed by atoms with Crippen molar-refractivity contribution in [2.75, 3.05) is 33.7 Å². The second kappa shape index (κ2) is 18.5. The highest BCUT2D eigenvalue weighted by atomic mass is 16.7. The number of carbonyl (C=O) groups is 5. The number of aromatic nitrogens is 2. The number of aliphatic hydroxyl groups excluding tert-OH is 1. The number of aliphatic hydroxyl groups is 1. The Kier molecular flexibility index (Phi) is 14.0. The lowest BCUT2D eigenvalue weighted by Crippen LogP contribution is -2.60. The molecule has 2 bridgehead atoms. The lowest BCUT2D eigenvalue weighted by Gasteiger charge is -2.47. The van der Waals surface area contributed by atoms with Gasteiger partial charge in [0.1, 0.15) is 35.6 Å². The van der Waals surface area contributed by atoms with Crippen LogP contribution in [0.1, 0.15) is 81.1 Å². The van der Waals surface area contributed by atoms with Gasteiger partial charge in [-0.25, -0.2) is 14.6 Å². The Labute approximate surface area is 357 Å². The van der Waals surface area contributed by atoms with Crippen LogP contribution in [0.5, 0.6) is 0 Å². The molecule has 2 amide bonds. The first-order chi connectivity index (χ1) is 28.8. The number of ether oxygens (including phenoxy) is 5. The van der Waals surface area contributed by atoms with Crippen LogP contribution in [-0.2, 0) is 44.6 Å². The number of esters is 1. The Bertz CT molecular complexity index is 1990. The van der Waals surface area contributed by atoms with E-state index in [2.05, 4.69) is 10.3 Å². The Hall–Kier alpha value is -4.45. The van der Waals surface area contributed by atoms with Gasteiger partial charge in [0.05, 0.1) is 48.3 Å². The molecule has 1 aromatic heterocycles. The molecular formula is C44H64N6O11. The first kappa shape index (κ1) is 46.1. The Balaban J connectivity index is 1.43. The van der Waals surface area contributed by atoms with Crippen molar-refractivity contribution in [1.82, 2.24) is 24.7 Å². The van der Waals surface area contributed by atoms with Gasteiger partial charge in [-0.05, 0) is 79.6 Å². The normalized spacial score (nSPS) is 37.6. The lowest BCUT2D eigenvalue weighted by molar-refractivity contribution is -0.292. The van der Waals surface area contributed by atoms with Crippen molar-refractivity contribution in [1.29, 1.82) is 0 Å². The number of cyclic esters (lactones) is 1. The van der Waals surface area contributed by atoms with Gasteiger partial charge in [-0.2, -0.15) is 0 Å². The van der Waals surface area contributed by atoms with E-state index in [4.69, 9.17) is 28.7 Å². The van der Waals surface area contributed by atoms with Gasteiger partial charge in [-0.15, -0.1) is 0 Å². The number of nitrogens with one attached hydrogen (secondary N) is 1. The minimum absolute atomic E-state index is 0.110. The quantitative estimate of drug-likeness (QED) is 0.166. The number of ketones is 2. The molecule has 2 N–H and O–H groups in total. The van der Waals surface area contributed by atoms with Crippen molar-refractivity contribution in [2.24, 2.45) is 28.7 Å². The van der Waals surface area contributed by atoms with Crippen LogP contribution in [0.25, 0.3) is 11.0 Å². The maximum absolute atomic E-state index is 14.8. The van der Waals surface area contributed by atoms with Gasteiger partial charge in [-0.1, -0.05) is 39.8 Å². The van der Waals surface area contributed by atoms with Crippen LogP contribution in [0.4, 0.5) is 9.59 Å². The number of fused-ring (bicyclic) bond motifs is 5. The van der Waals surface area contributed by atoms with Crippen LogP contribution >= 0.6 is 0 Å². The molecule has 4 saturated heterocycles. The molecule has 0 saturated carbocycles. The van der Waals surface area contributed by atoms with Crippen LogP contribution in [-0.4, -0.2) is 148 Å². The number of hydrogen-bond acceptors (Lipinski definition) is 14. The molecule has 0 radical (unpaired) electrons. The van der Waals surface area contributed by atoms with E-state index in [-0.39, 0.29) is 43.9 Å². The smallest absolute Gasteiger partial charge is 0.411 e. The van der Waals surface area contributed by atoms with E-state index >= 15 is 0 Å². The summed E-state index contributed by atoms with van der Waals surface area (Å²) in [5.74, 6) is -5.91. The summed E-state index contributed by atoms with van der Waals surface area (Å²) in [6.07, 6.45) is -3.84. The molecule has 0 aliphatic carbocycles. The van der Waals surface area contributed by atoms with Crippen molar-refractivity contribution < 1.29 is 52.8 Å². The molecule has 0 spiro atoms. The Morgan fingerprint density at radius 3 is 2.44 bits per heavy atom. The molecule has 6 rings (SSSR count). The van der Waals surface area contributed by atoms with Crippen LogP contribution in [0.2, 0.25) is 0 Å². The van der Waals surface area contributed by atoms with E-state index in [9.17, 15) is 29.1 Å². The molecule has 4 aliphatic rings. The van der Waals surface area contributed by atoms with E-state index in [0.717, 1.165) is 11.0 Å². The van der Waals surface area contributed by atoms with Crippen molar-refractivity contribution in [3.8, 4) is 0 Å². The van der Waals surface area contributed by atoms with Crippen LogP contribution < -0.4 is 5.32 Å². The zero-order valence-corrected chi connectivity index (χ0v) is 37.2. The van der Waals surface area contributed by atoms with E-state index in [1.807, 2.05) is 54.8 Å². The molecule has 61 heavy (non-hydrogen) atoms. The monoisotopic (exact) mass is 852 g/mol. The van der Waals surface area contributed by atoms with Crippen molar-refractivity contribution >= 4 is 46.5 Å². The summed E-state index contributed by atoms with van der Waals surface area (Å²) in [5, 5.41) is 14.4. The van der Waals surface area contributed by atoms with Crippen LogP contribution in [0, 0.1) is 23.7 Å². The Morgan fingerprint density at radius 2 is 1.74 bits per heavy atom. The summed E-state index contributed by atoms with van der Waals surface area (Å²) in [6.45, 7) is 14.0. The first-order valence-corrected chi connectivity index (χ1v) is 21.6. The highest BCUT2D eigenvalue weighted by Gasteiger charge is 2.61. The topological polar surface area (TPSA) is 200 Å². The number of aliphatic imine (C=N–C) groups is 1. The fourth-order valence-corrected chi connectivity index (χ4v) is 9.99. The minimum atomic E-state index is -1.73. The molecule has 4 fully saturated rings. The van der Waals surface area contributed by atoms with Gasteiger partial charge in [0.25, 0.3) is 0 Å². The van der Waals surface area contributed by atoms with E-state index in [1.54, 1.807) is 47.9 Å². The maximum Gasteiger partial charge on any atom is 0.411 e. The third kappa shape index (κ3) is 9.35. The first-order valence-electron chi connectivity index (χ1n) is 21.6. The molecule has 1 aromatic carbocycles. The number of imidazole rings is 1. The summed E-state index contributed by atoms with van der Waals surface area (Å²) >= 11 is 0. The molecule has 0 unspecified atom stereocenters. The van der Waals surface area contributed by atoms with Gasteiger partial charge < -0.3 is 43.6 Å². The third-order valence-electron chi connectivity index (χ3n) is 13.2. The highest BCUT2D eigenvalue weighted by molar-refractivity contribution is 6.00.